The summed E-state index contributed by atoms with van der Waals surface area (Å²) in [5.41, 5.74) is 3.19. The number of hydrogen-bond donors (Lipinski definition) is 0. The molecule has 0 aliphatic heterocycles. The number of hydrogen-bond acceptors (Lipinski definition) is 3. The van der Waals surface area contributed by atoms with Gasteiger partial charge in [-0.05, 0) is 12.1 Å². The second-order valence-electron chi connectivity index (χ2n) is 2.32. The predicted octanol–water partition coefficient (Wildman–Crippen LogP) is 3.85. The zero-order valence-corrected chi connectivity index (χ0v) is 11.4. The van der Waals surface area contributed by atoms with Gasteiger partial charge in [0, 0.05) is 5.56 Å². The molecule has 1 aromatic rings. The zero-order valence-electron chi connectivity index (χ0n) is 11.4. The molecule has 0 bridgehead atoms. The van der Waals surface area contributed by atoms with E-state index in [1.807, 2.05) is 37.1 Å². The highest BCUT2D eigenvalue weighted by atomic mass is 16.2. The van der Waals surface area contributed by atoms with Crippen molar-refractivity contribution in [3.8, 4) is 12.3 Å². The van der Waals surface area contributed by atoms with Gasteiger partial charge >= 0.3 is 6.15 Å². The fraction of sp³-hybridized carbons (Fsp3) is 0.0556. The van der Waals surface area contributed by atoms with Gasteiger partial charge in [0.1, 0.15) is 6.79 Å². The van der Waals surface area contributed by atoms with Gasteiger partial charge in [-0.2, -0.15) is 9.59 Å². The lowest BCUT2D eigenvalue weighted by Crippen LogP contribution is -1.66. The van der Waals surface area contributed by atoms with Gasteiger partial charge in [-0.15, -0.1) is 12.2 Å². The van der Waals surface area contributed by atoms with Gasteiger partial charge in [0.05, 0.1) is 0 Å². The molecular weight excluding hydrogens is 264 g/mol. The molecule has 0 saturated heterocycles. The van der Waals surface area contributed by atoms with Gasteiger partial charge < -0.3 is 4.79 Å². The lowest BCUT2D eigenvalue weighted by atomic mass is 10.2. The number of carbonyl (C=O) groups is 1. The summed E-state index contributed by atoms with van der Waals surface area (Å²) in [5.74, 6) is 2.53. The molecule has 0 aliphatic rings. The van der Waals surface area contributed by atoms with Crippen molar-refractivity contribution in [2.24, 2.45) is 0 Å². The van der Waals surface area contributed by atoms with Crippen LogP contribution in [0.2, 0.25) is 0 Å². The molecule has 0 aromatic heterocycles. The highest BCUT2D eigenvalue weighted by Gasteiger charge is 1.76. The maximum Gasteiger partial charge on any atom is 0.373 e. The topological polar surface area (TPSA) is 51.2 Å². The SMILES string of the molecule is C.C#Cc1ccccc1.C=C=C.C=CC=C.C=O.O=C=O. The number of allylic oxidation sites excluding steroid dienone is 2. The van der Waals surface area contributed by atoms with Gasteiger partial charge in [-0.1, -0.05) is 70.0 Å². The van der Waals surface area contributed by atoms with Crippen LogP contribution in [0.4, 0.5) is 0 Å². The number of terminal acetylenes is 1. The molecule has 112 valence electrons. The third-order valence-electron chi connectivity index (χ3n) is 1.11. The highest BCUT2D eigenvalue weighted by molar-refractivity contribution is 5.30. The van der Waals surface area contributed by atoms with Crippen LogP contribution < -0.4 is 0 Å². The summed E-state index contributed by atoms with van der Waals surface area (Å²) in [4.78, 5) is 24.2. The summed E-state index contributed by atoms with van der Waals surface area (Å²) in [5, 5.41) is 0. The van der Waals surface area contributed by atoms with Crippen LogP contribution in [0.3, 0.4) is 0 Å². The van der Waals surface area contributed by atoms with E-state index in [-0.39, 0.29) is 13.6 Å². The Morgan fingerprint density at radius 1 is 0.952 bits per heavy atom. The minimum atomic E-state index is 0. The standard InChI is InChI=1S/C8H6.C4H6.C3H4.CO2.CH2O.CH4/c1-2-8-6-4-3-5-7-8;1-3-4-2;1-3-2;2-1-3;1-2;/h1,3-7H;3-4H,1-2H2;1-2H2;;1H2;1H4. The summed E-state index contributed by atoms with van der Waals surface area (Å²) in [6, 6.07) is 9.60. The molecule has 0 unspecified atom stereocenters. The van der Waals surface area contributed by atoms with E-state index in [1.54, 1.807) is 12.2 Å². The Morgan fingerprint density at radius 3 is 1.38 bits per heavy atom. The molecule has 0 spiro atoms. The van der Waals surface area contributed by atoms with Crippen molar-refractivity contribution < 1.29 is 14.4 Å². The molecule has 0 fully saturated rings. The maximum absolute atomic E-state index is 8.12. The molecule has 1 rings (SSSR count). The van der Waals surface area contributed by atoms with E-state index >= 15 is 0 Å². The van der Waals surface area contributed by atoms with E-state index < -0.39 is 0 Å². The maximum atomic E-state index is 8.12. The fourth-order valence-electron chi connectivity index (χ4n) is 0.534. The summed E-state index contributed by atoms with van der Waals surface area (Å²) < 4.78 is 0. The monoisotopic (exact) mass is 286 g/mol. The Balaban J connectivity index is -0.0000000569. The average Bonchev–Trinajstić information content (AvgIpc) is 2.52. The molecule has 0 heterocycles. The first-order chi connectivity index (χ1) is 9.67. The second kappa shape index (κ2) is 43.6. The van der Waals surface area contributed by atoms with E-state index in [2.05, 4.69) is 38.0 Å². The molecule has 0 saturated carbocycles. The number of rotatable bonds is 1. The third-order valence-corrected chi connectivity index (χ3v) is 1.11. The van der Waals surface area contributed by atoms with Gasteiger partial charge in [0.2, 0.25) is 0 Å². The van der Waals surface area contributed by atoms with E-state index in [9.17, 15) is 0 Å². The molecule has 21 heavy (non-hydrogen) atoms. The highest BCUT2D eigenvalue weighted by Crippen LogP contribution is 1.92. The molecule has 0 radical (unpaired) electrons. The zero-order chi connectivity index (χ0) is 16.6. The van der Waals surface area contributed by atoms with Gasteiger partial charge in [-0.25, -0.2) is 0 Å². The number of carbonyl (C=O) groups excluding carboxylic acids is 3. The Hall–Kier alpha value is -3.17. The fourth-order valence-corrected chi connectivity index (χ4v) is 0.534. The predicted molar refractivity (Wildman–Crippen MR) is 88.4 cm³/mol. The Bertz CT molecular complexity index is 409. The largest absolute Gasteiger partial charge is 0.373 e. The van der Waals surface area contributed by atoms with Crippen LogP contribution in [0.25, 0.3) is 0 Å². The quantitative estimate of drug-likeness (QED) is 0.447. The van der Waals surface area contributed by atoms with Crippen molar-refractivity contribution in [1.29, 1.82) is 0 Å². The van der Waals surface area contributed by atoms with Crippen LogP contribution in [-0.4, -0.2) is 12.9 Å². The van der Waals surface area contributed by atoms with Crippen LogP contribution >= 0.6 is 0 Å². The Kier molecular flexibility index (Phi) is 63.8. The van der Waals surface area contributed by atoms with Crippen molar-refractivity contribution in [3.63, 3.8) is 0 Å². The Labute approximate surface area is 128 Å². The van der Waals surface area contributed by atoms with Crippen LogP contribution in [-0.2, 0) is 14.4 Å². The van der Waals surface area contributed by atoms with Crippen LogP contribution in [0.15, 0.2) is 74.5 Å². The minimum absolute atomic E-state index is 0. The van der Waals surface area contributed by atoms with Gasteiger partial charge in [0.25, 0.3) is 0 Å². The third kappa shape index (κ3) is 60.4. The molecule has 0 atom stereocenters. The summed E-state index contributed by atoms with van der Waals surface area (Å²) >= 11 is 0. The molecular formula is C18H22O3. The number of benzene rings is 1. The normalized spacial score (nSPS) is 4.90. The van der Waals surface area contributed by atoms with Crippen molar-refractivity contribution in [2.75, 3.05) is 0 Å². The molecule has 3 nitrogen and oxygen atoms in total. The van der Waals surface area contributed by atoms with E-state index in [0.717, 1.165) is 5.56 Å². The average molecular weight is 286 g/mol. The van der Waals surface area contributed by atoms with Crippen LogP contribution in [0.5, 0.6) is 0 Å². The summed E-state index contributed by atoms with van der Waals surface area (Å²) in [7, 11) is 0. The summed E-state index contributed by atoms with van der Waals surface area (Å²) in [6.45, 7) is 15.0. The van der Waals surface area contributed by atoms with Crippen LogP contribution in [0, 0.1) is 12.3 Å². The van der Waals surface area contributed by atoms with Crippen molar-refractivity contribution in [3.05, 3.63) is 80.1 Å². The van der Waals surface area contributed by atoms with E-state index in [0.29, 0.717) is 0 Å². The molecule has 0 amide bonds. The molecule has 0 N–H and O–H groups in total. The summed E-state index contributed by atoms with van der Waals surface area (Å²) in [6.07, 6.45) is 8.63. The van der Waals surface area contributed by atoms with Gasteiger partial charge in [-0.3, -0.25) is 0 Å². The van der Waals surface area contributed by atoms with E-state index in [1.165, 1.54) is 0 Å². The molecule has 1 aromatic carbocycles. The first kappa shape index (κ1) is 30.7. The lowest BCUT2D eigenvalue weighted by molar-refractivity contribution is -0.191. The first-order valence-corrected chi connectivity index (χ1v) is 5.00. The van der Waals surface area contributed by atoms with Gasteiger partial charge in [0.15, 0.2) is 0 Å². The molecule has 3 heteroatoms. The first-order valence-electron chi connectivity index (χ1n) is 5.00. The van der Waals surface area contributed by atoms with Crippen molar-refractivity contribution in [1.82, 2.24) is 0 Å². The minimum Gasteiger partial charge on any atom is -0.307 e. The van der Waals surface area contributed by atoms with Crippen molar-refractivity contribution >= 4 is 12.9 Å². The van der Waals surface area contributed by atoms with E-state index in [4.69, 9.17) is 20.8 Å². The second-order valence-corrected chi connectivity index (χ2v) is 2.32. The molecule has 0 aliphatic carbocycles. The lowest BCUT2D eigenvalue weighted by Gasteiger charge is -1.82. The van der Waals surface area contributed by atoms with Crippen molar-refractivity contribution in [2.45, 2.75) is 7.43 Å². The Morgan fingerprint density at radius 2 is 1.24 bits per heavy atom. The smallest absolute Gasteiger partial charge is 0.307 e. The van der Waals surface area contributed by atoms with Crippen LogP contribution in [0.1, 0.15) is 13.0 Å².